The lowest BCUT2D eigenvalue weighted by Crippen LogP contribution is -2.06. The lowest BCUT2D eigenvalue weighted by Gasteiger charge is -2.17. The number of benzene rings is 1. The maximum atomic E-state index is 12.2. The molecule has 0 radical (unpaired) electrons. The average Bonchev–Trinajstić information content (AvgIpc) is 2.37. The molecule has 8 heteroatoms. The zero-order chi connectivity index (χ0) is 13.4. The average molecular weight is 334 g/mol. The lowest BCUT2D eigenvalue weighted by molar-refractivity contribution is 0.169. The van der Waals surface area contributed by atoms with Gasteiger partial charge in [0.2, 0.25) is 0 Å². The first-order chi connectivity index (χ1) is 8.59. The van der Waals surface area contributed by atoms with E-state index in [0.717, 1.165) is 0 Å². The quantitative estimate of drug-likeness (QED) is 0.524. The van der Waals surface area contributed by atoms with Gasteiger partial charge in [0.15, 0.2) is 0 Å². The molecule has 1 aromatic carbocycles. The van der Waals surface area contributed by atoms with Crippen LogP contribution in [0.1, 0.15) is 0 Å². The van der Waals surface area contributed by atoms with E-state index >= 15 is 0 Å². The normalized spacial score (nSPS) is 11.5. The van der Waals surface area contributed by atoms with Crippen LogP contribution in [0.25, 0.3) is 0 Å². The number of halogens is 3. The van der Waals surface area contributed by atoms with Gasteiger partial charge in [-0.2, -0.15) is 0 Å². The molecule has 0 aliphatic rings. The van der Waals surface area contributed by atoms with E-state index < -0.39 is 7.82 Å². The zero-order valence-corrected chi connectivity index (χ0v) is 12.5. The highest BCUT2D eigenvalue weighted by Gasteiger charge is 2.28. The van der Waals surface area contributed by atoms with E-state index in [2.05, 4.69) is 0 Å². The van der Waals surface area contributed by atoms with Crippen LogP contribution in [0.4, 0.5) is 0 Å². The van der Waals surface area contributed by atoms with Crippen LogP contribution in [-0.4, -0.2) is 25.0 Å². The van der Waals surface area contributed by atoms with Crippen LogP contribution in [0.5, 0.6) is 5.75 Å². The van der Waals surface area contributed by atoms with Crippen molar-refractivity contribution in [1.29, 1.82) is 0 Å². The summed E-state index contributed by atoms with van der Waals surface area (Å²) in [5.74, 6) is 0.683. The molecule has 0 spiro atoms. The number of hydrogen-bond acceptors (Lipinski definition) is 4. The fourth-order valence-corrected chi connectivity index (χ4v) is 2.69. The number of hydrogen-bond donors (Lipinski definition) is 0. The van der Waals surface area contributed by atoms with Gasteiger partial charge in [-0.3, -0.25) is 9.05 Å². The van der Waals surface area contributed by atoms with Crippen LogP contribution in [0.2, 0.25) is 5.02 Å². The second kappa shape index (κ2) is 8.26. The predicted octanol–water partition coefficient (Wildman–Crippen LogP) is 4.34. The van der Waals surface area contributed by atoms with Gasteiger partial charge in [0.05, 0.1) is 13.2 Å². The minimum Gasteiger partial charge on any atom is -0.404 e. The molecule has 0 heterocycles. The van der Waals surface area contributed by atoms with Gasteiger partial charge in [0, 0.05) is 16.8 Å². The smallest absolute Gasteiger partial charge is 0.404 e. The summed E-state index contributed by atoms with van der Waals surface area (Å²) < 4.78 is 27.4. The van der Waals surface area contributed by atoms with Crippen molar-refractivity contribution in [2.24, 2.45) is 0 Å². The van der Waals surface area contributed by atoms with Gasteiger partial charge in [-0.15, -0.1) is 23.2 Å². The summed E-state index contributed by atoms with van der Waals surface area (Å²) in [4.78, 5) is 0. The third-order valence-electron chi connectivity index (χ3n) is 1.68. The van der Waals surface area contributed by atoms with Crippen molar-refractivity contribution in [3.05, 3.63) is 29.3 Å². The van der Waals surface area contributed by atoms with Crippen LogP contribution in [0, 0.1) is 0 Å². The number of phosphoric acid groups is 1. The molecule has 0 aliphatic heterocycles. The Labute approximate surface area is 121 Å². The Morgan fingerprint density at radius 2 is 1.50 bits per heavy atom. The summed E-state index contributed by atoms with van der Waals surface area (Å²) in [6, 6.07) is 6.32. The largest absolute Gasteiger partial charge is 0.530 e. The molecule has 102 valence electrons. The summed E-state index contributed by atoms with van der Waals surface area (Å²) in [5, 5.41) is 0.542. The molecular formula is C10H12Cl3O4P. The second-order valence-electron chi connectivity index (χ2n) is 3.04. The molecule has 0 N–H and O–H groups in total. The SMILES string of the molecule is O=P(OCCCl)(OCCCl)Oc1ccc(Cl)cc1. The Bertz CT molecular complexity index is 387. The van der Waals surface area contributed by atoms with Crippen LogP contribution in [0.15, 0.2) is 24.3 Å². The fourth-order valence-electron chi connectivity index (χ4n) is 1.01. The number of phosphoric ester groups is 1. The molecule has 0 saturated carbocycles. The Morgan fingerprint density at radius 1 is 1.00 bits per heavy atom. The van der Waals surface area contributed by atoms with Gasteiger partial charge in [-0.05, 0) is 24.3 Å². The Kier molecular flexibility index (Phi) is 7.38. The van der Waals surface area contributed by atoms with Crippen LogP contribution in [0.3, 0.4) is 0 Å². The maximum absolute atomic E-state index is 12.2. The molecular weight excluding hydrogens is 321 g/mol. The Hall–Kier alpha value is 0.0400. The fraction of sp³-hybridized carbons (Fsp3) is 0.400. The standard InChI is InChI=1S/C10H12Cl3O4P/c11-5-7-15-18(14,16-8-6-12)17-10-3-1-9(13)2-4-10/h1-4H,5-8H2. The maximum Gasteiger partial charge on any atom is 0.530 e. The number of alkyl halides is 2. The first-order valence-corrected chi connectivity index (χ1v) is 7.96. The molecule has 1 rings (SSSR count). The van der Waals surface area contributed by atoms with Gasteiger partial charge in [-0.1, -0.05) is 11.6 Å². The molecule has 1 aromatic rings. The monoisotopic (exact) mass is 332 g/mol. The third kappa shape index (κ3) is 5.79. The van der Waals surface area contributed by atoms with E-state index in [4.69, 9.17) is 48.4 Å². The van der Waals surface area contributed by atoms with Crippen molar-refractivity contribution in [2.45, 2.75) is 0 Å². The lowest BCUT2D eigenvalue weighted by atomic mass is 10.3. The summed E-state index contributed by atoms with van der Waals surface area (Å²) >= 11 is 16.7. The van der Waals surface area contributed by atoms with Gasteiger partial charge < -0.3 is 4.52 Å². The van der Waals surface area contributed by atoms with Crippen LogP contribution < -0.4 is 4.52 Å². The molecule has 0 unspecified atom stereocenters. The Balaban J connectivity index is 2.70. The molecule has 0 aliphatic carbocycles. The van der Waals surface area contributed by atoms with Crippen molar-refractivity contribution in [3.8, 4) is 5.75 Å². The summed E-state index contributed by atoms with van der Waals surface area (Å²) in [5.41, 5.74) is 0. The minimum absolute atomic E-state index is 0.0503. The molecule has 0 saturated heterocycles. The van der Waals surface area contributed by atoms with E-state index in [9.17, 15) is 4.57 Å². The van der Waals surface area contributed by atoms with E-state index in [1.165, 1.54) is 0 Å². The third-order valence-corrected chi connectivity index (χ3v) is 3.68. The summed E-state index contributed by atoms with van der Waals surface area (Å²) in [6.07, 6.45) is 0. The molecule has 4 nitrogen and oxygen atoms in total. The minimum atomic E-state index is -3.70. The Morgan fingerprint density at radius 3 is 1.94 bits per heavy atom. The van der Waals surface area contributed by atoms with E-state index in [1.54, 1.807) is 24.3 Å². The van der Waals surface area contributed by atoms with Crippen molar-refractivity contribution in [2.75, 3.05) is 25.0 Å². The van der Waals surface area contributed by atoms with E-state index in [1.807, 2.05) is 0 Å². The van der Waals surface area contributed by atoms with Gasteiger partial charge >= 0.3 is 7.82 Å². The molecule has 18 heavy (non-hydrogen) atoms. The summed E-state index contributed by atoms with van der Waals surface area (Å²) in [7, 11) is -3.70. The second-order valence-corrected chi connectivity index (χ2v) is 5.82. The van der Waals surface area contributed by atoms with Crippen molar-refractivity contribution in [3.63, 3.8) is 0 Å². The van der Waals surface area contributed by atoms with Gasteiger partial charge in [-0.25, -0.2) is 4.57 Å². The van der Waals surface area contributed by atoms with Gasteiger partial charge in [0.25, 0.3) is 0 Å². The van der Waals surface area contributed by atoms with E-state index in [-0.39, 0.29) is 25.0 Å². The predicted molar refractivity (Wildman–Crippen MR) is 73.0 cm³/mol. The highest BCUT2D eigenvalue weighted by molar-refractivity contribution is 7.48. The molecule has 0 atom stereocenters. The van der Waals surface area contributed by atoms with Crippen molar-refractivity contribution >= 4 is 42.6 Å². The zero-order valence-electron chi connectivity index (χ0n) is 9.35. The molecule has 0 fully saturated rings. The van der Waals surface area contributed by atoms with Crippen LogP contribution in [-0.2, 0) is 13.6 Å². The highest BCUT2D eigenvalue weighted by Crippen LogP contribution is 2.49. The first kappa shape index (κ1) is 16.1. The first-order valence-electron chi connectivity index (χ1n) is 5.06. The molecule has 0 bridgehead atoms. The topological polar surface area (TPSA) is 44.8 Å². The van der Waals surface area contributed by atoms with Gasteiger partial charge in [0.1, 0.15) is 5.75 Å². The highest BCUT2D eigenvalue weighted by atomic mass is 35.5. The van der Waals surface area contributed by atoms with Crippen molar-refractivity contribution < 1.29 is 18.1 Å². The molecule has 0 aromatic heterocycles. The van der Waals surface area contributed by atoms with Crippen molar-refractivity contribution in [1.82, 2.24) is 0 Å². The van der Waals surface area contributed by atoms with E-state index in [0.29, 0.717) is 10.8 Å². The number of rotatable bonds is 8. The summed E-state index contributed by atoms with van der Waals surface area (Å²) in [6.45, 7) is 0.101. The molecule has 0 amide bonds. The van der Waals surface area contributed by atoms with Crippen LogP contribution >= 0.6 is 42.6 Å².